The highest BCUT2D eigenvalue weighted by Gasteiger charge is 2.18. The zero-order valence-corrected chi connectivity index (χ0v) is 5.70. The predicted octanol–water partition coefficient (Wildman–Crippen LogP) is 0.331. The number of hydrogen-bond acceptors (Lipinski definition) is 2. The lowest BCUT2D eigenvalue weighted by molar-refractivity contribution is -0.124. The summed E-state index contributed by atoms with van der Waals surface area (Å²) in [5, 5.41) is 0. The van der Waals surface area contributed by atoms with Crippen molar-refractivity contribution in [3.8, 4) is 0 Å². The summed E-state index contributed by atoms with van der Waals surface area (Å²) in [6, 6.07) is 0. The Labute approximate surface area is 59.2 Å². The van der Waals surface area contributed by atoms with Crippen LogP contribution in [0.3, 0.4) is 0 Å². The Hall–Kier alpha value is -1.25. The van der Waals surface area contributed by atoms with E-state index in [0.29, 0.717) is 0 Å². The van der Waals surface area contributed by atoms with Gasteiger partial charge in [-0.3, -0.25) is 4.79 Å². The van der Waals surface area contributed by atoms with E-state index >= 15 is 0 Å². The van der Waals surface area contributed by atoms with Gasteiger partial charge in [0.05, 0.1) is 6.26 Å². The second-order valence-electron chi connectivity index (χ2n) is 2.16. The summed E-state index contributed by atoms with van der Waals surface area (Å²) in [5.41, 5.74) is 5.86. The minimum atomic E-state index is -0.565. The molecule has 0 saturated carbocycles. The standard InChI is InChI=1S/C7H9NO2/c1-5-3-2-4-10-6(5)7(8)9/h2-4,6H,1H3,(H2,8,9). The number of nitrogens with two attached hydrogens (primary N) is 1. The van der Waals surface area contributed by atoms with Crippen molar-refractivity contribution in [1.82, 2.24) is 0 Å². The van der Waals surface area contributed by atoms with E-state index in [9.17, 15) is 4.79 Å². The van der Waals surface area contributed by atoms with Crippen molar-refractivity contribution >= 4 is 5.91 Å². The molecule has 0 aromatic carbocycles. The van der Waals surface area contributed by atoms with Gasteiger partial charge < -0.3 is 10.5 Å². The third kappa shape index (κ3) is 1.18. The van der Waals surface area contributed by atoms with Gasteiger partial charge >= 0.3 is 0 Å². The Kier molecular flexibility index (Phi) is 1.76. The normalized spacial score (nSPS) is 23.3. The Morgan fingerprint density at radius 3 is 2.90 bits per heavy atom. The largest absolute Gasteiger partial charge is 0.484 e. The van der Waals surface area contributed by atoms with E-state index in [1.807, 2.05) is 0 Å². The fourth-order valence-electron chi connectivity index (χ4n) is 0.801. The first-order chi connectivity index (χ1) is 4.72. The first-order valence-corrected chi connectivity index (χ1v) is 3.00. The average molecular weight is 139 g/mol. The van der Waals surface area contributed by atoms with E-state index in [0.717, 1.165) is 5.57 Å². The molecule has 0 aliphatic carbocycles. The van der Waals surface area contributed by atoms with E-state index in [2.05, 4.69) is 0 Å². The molecule has 10 heavy (non-hydrogen) atoms. The zero-order valence-electron chi connectivity index (χ0n) is 5.70. The summed E-state index contributed by atoms with van der Waals surface area (Å²) in [6.45, 7) is 1.80. The van der Waals surface area contributed by atoms with Crippen LogP contribution in [0, 0.1) is 0 Å². The van der Waals surface area contributed by atoms with Gasteiger partial charge in [0.1, 0.15) is 0 Å². The van der Waals surface area contributed by atoms with Gasteiger partial charge in [-0.25, -0.2) is 0 Å². The molecule has 0 fully saturated rings. The first kappa shape index (κ1) is 6.86. The van der Waals surface area contributed by atoms with Gasteiger partial charge in [-0.05, 0) is 18.6 Å². The summed E-state index contributed by atoms with van der Waals surface area (Å²) in [5.74, 6) is -0.446. The van der Waals surface area contributed by atoms with Crippen LogP contribution in [0.1, 0.15) is 6.92 Å². The lowest BCUT2D eigenvalue weighted by Gasteiger charge is -2.15. The van der Waals surface area contributed by atoms with Gasteiger partial charge in [0.2, 0.25) is 0 Å². The maximum absolute atomic E-state index is 10.6. The van der Waals surface area contributed by atoms with Crippen molar-refractivity contribution in [2.24, 2.45) is 5.73 Å². The molecule has 0 bridgehead atoms. The van der Waals surface area contributed by atoms with E-state index in [-0.39, 0.29) is 0 Å². The molecular weight excluding hydrogens is 130 g/mol. The zero-order chi connectivity index (χ0) is 7.56. The van der Waals surface area contributed by atoms with Gasteiger partial charge in [-0.2, -0.15) is 0 Å². The maximum atomic E-state index is 10.6. The van der Waals surface area contributed by atoms with Crippen molar-refractivity contribution in [2.45, 2.75) is 13.0 Å². The van der Waals surface area contributed by atoms with Gasteiger partial charge in [0.15, 0.2) is 6.10 Å². The molecule has 1 atom stereocenters. The van der Waals surface area contributed by atoms with E-state index in [1.54, 1.807) is 19.1 Å². The van der Waals surface area contributed by atoms with Crippen molar-refractivity contribution in [1.29, 1.82) is 0 Å². The van der Waals surface area contributed by atoms with Crippen LogP contribution in [-0.2, 0) is 9.53 Å². The molecule has 0 saturated heterocycles. The second-order valence-corrected chi connectivity index (χ2v) is 2.16. The van der Waals surface area contributed by atoms with Gasteiger partial charge in [-0.15, -0.1) is 0 Å². The van der Waals surface area contributed by atoms with E-state index in [1.165, 1.54) is 6.26 Å². The number of hydrogen-bond donors (Lipinski definition) is 1. The van der Waals surface area contributed by atoms with Gasteiger partial charge in [0.25, 0.3) is 5.91 Å². The molecule has 3 heteroatoms. The van der Waals surface area contributed by atoms with E-state index in [4.69, 9.17) is 10.5 Å². The topological polar surface area (TPSA) is 52.3 Å². The quantitative estimate of drug-likeness (QED) is 0.569. The minimum Gasteiger partial charge on any atom is -0.484 e. The van der Waals surface area contributed by atoms with Crippen LogP contribution in [-0.4, -0.2) is 12.0 Å². The molecule has 0 radical (unpaired) electrons. The Bertz CT molecular complexity index is 206. The first-order valence-electron chi connectivity index (χ1n) is 3.00. The Morgan fingerprint density at radius 2 is 2.50 bits per heavy atom. The number of ether oxygens (including phenoxy) is 1. The monoisotopic (exact) mass is 139 g/mol. The predicted molar refractivity (Wildman–Crippen MR) is 37.0 cm³/mol. The molecule has 1 aliphatic rings. The maximum Gasteiger partial charge on any atom is 0.262 e. The van der Waals surface area contributed by atoms with Crippen LogP contribution in [0.25, 0.3) is 0 Å². The van der Waals surface area contributed by atoms with Crippen molar-refractivity contribution in [2.75, 3.05) is 0 Å². The summed E-state index contributed by atoms with van der Waals surface area (Å²) >= 11 is 0. The second kappa shape index (κ2) is 2.56. The van der Waals surface area contributed by atoms with Crippen LogP contribution < -0.4 is 5.73 Å². The molecule has 1 rings (SSSR count). The Morgan fingerprint density at radius 1 is 1.80 bits per heavy atom. The summed E-state index contributed by atoms with van der Waals surface area (Å²) in [4.78, 5) is 10.6. The molecular formula is C7H9NO2. The highest BCUT2D eigenvalue weighted by atomic mass is 16.5. The summed E-state index contributed by atoms with van der Waals surface area (Å²) in [6.07, 6.45) is 4.43. The summed E-state index contributed by atoms with van der Waals surface area (Å²) in [7, 11) is 0. The minimum absolute atomic E-state index is 0.446. The molecule has 1 unspecified atom stereocenters. The smallest absolute Gasteiger partial charge is 0.262 e. The molecule has 1 amide bonds. The number of rotatable bonds is 1. The van der Waals surface area contributed by atoms with Crippen LogP contribution in [0.4, 0.5) is 0 Å². The highest BCUT2D eigenvalue weighted by Crippen LogP contribution is 2.10. The lowest BCUT2D eigenvalue weighted by atomic mass is 10.1. The molecule has 0 spiro atoms. The number of carbonyl (C=O) groups is 1. The van der Waals surface area contributed by atoms with Crippen molar-refractivity contribution in [3.63, 3.8) is 0 Å². The van der Waals surface area contributed by atoms with E-state index < -0.39 is 12.0 Å². The number of amides is 1. The van der Waals surface area contributed by atoms with Crippen LogP contribution in [0.5, 0.6) is 0 Å². The van der Waals surface area contributed by atoms with Crippen LogP contribution >= 0.6 is 0 Å². The fraction of sp³-hybridized carbons (Fsp3) is 0.286. The van der Waals surface area contributed by atoms with Crippen molar-refractivity contribution in [3.05, 3.63) is 24.0 Å². The average Bonchev–Trinajstić information content (AvgIpc) is 1.88. The third-order valence-corrected chi connectivity index (χ3v) is 1.32. The molecule has 1 heterocycles. The van der Waals surface area contributed by atoms with Crippen LogP contribution in [0.15, 0.2) is 24.0 Å². The highest BCUT2D eigenvalue weighted by molar-refractivity contribution is 5.82. The Balaban J connectivity index is 2.73. The molecule has 54 valence electrons. The fourth-order valence-corrected chi connectivity index (χ4v) is 0.801. The van der Waals surface area contributed by atoms with Crippen molar-refractivity contribution < 1.29 is 9.53 Å². The third-order valence-electron chi connectivity index (χ3n) is 1.32. The van der Waals surface area contributed by atoms with Gasteiger partial charge in [-0.1, -0.05) is 6.08 Å². The van der Waals surface area contributed by atoms with Gasteiger partial charge in [0, 0.05) is 0 Å². The number of primary amides is 1. The summed E-state index contributed by atoms with van der Waals surface area (Å²) < 4.78 is 4.93. The molecule has 0 aromatic heterocycles. The lowest BCUT2D eigenvalue weighted by Crippen LogP contribution is -2.31. The molecule has 3 nitrogen and oxygen atoms in total. The van der Waals surface area contributed by atoms with Crippen LogP contribution in [0.2, 0.25) is 0 Å². The molecule has 1 aliphatic heterocycles. The molecule has 2 N–H and O–H groups in total. The molecule has 0 aromatic rings. The SMILES string of the molecule is CC1=CC=COC1C(N)=O. The number of carbonyl (C=O) groups excluding carboxylic acids is 1. The number of allylic oxidation sites excluding steroid dienone is 2.